The first-order valence-corrected chi connectivity index (χ1v) is 9.07. The average Bonchev–Trinajstić information content (AvgIpc) is 2.51. The standard InChI is InChI=1S/C13H14BrF3S/c1-8(2)10-4-5-11-6-9(3)18(14,12(11)7-10)13(15,16)17/h4-8H,1-3H3. The largest absolute Gasteiger partial charge is 0.442 e. The quantitative estimate of drug-likeness (QED) is 0.573. The van der Waals surface area contributed by atoms with E-state index >= 15 is 0 Å². The van der Waals surface area contributed by atoms with Crippen LogP contribution in [0.3, 0.4) is 0 Å². The van der Waals surface area contributed by atoms with Gasteiger partial charge in [0.05, 0.1) is 0 Å². The predicted octanol–water partition coefficient (Wildman–Crippen LogP) is 6.18. The maximum absolute atomic E-state index is 13.4. The molecule has 100 valence electrons. The summed E-state index contributed by atoms with van der Waals surface area (Å²) >= 11 is 3.00. The summed E-state index contributed by atoms with van der Waals surface area (Å²) in [6.07, 6.45) is 1.64. The summed E-state index contributed by atoms with van der Waals surface area (Å²) in [5.74, 6) is 0.223. The fourth-order valence-corrected chi connectivity index (χ4v) is 5.18. The zero-order chi connectivity index (χ0) is 13.7. The summed E-state index contributed by atoms with van der Waals surface area (Å²) in [6.45, 7) is 5.51. The number of hydrogen-bond donors (Lipinski definition) is 0. The van der Waals surface area contributed by atoms with Crippen molar-refractivity contribution in [1.29, 1.82) is 0 Å². The first-order chi connectivity index (χ1) is 8.18. The molecule has 1 heterocycles. The molecule has 0 bridgehead atoms. The minimum absolute atomic E-state index is 0.223. The highest BCUT2D eigenvalue weighted by atomic mass is 79.9. The van der Waals surface area contributed by atoms with E-state index in [4.69, 9.17) is 0 Å². The second kappa shape index (κ2) is 4.30. The van der Waals surface area contributed by atoms with Crippen LogP contribution < -0.4 is 0 Å². The maximum atomic E-state index is 13.4. The monoisotopic (exact) mass is 338 g/mol. The van der Waals surface area contributed by atoms with Crippen LogP contribution in [0.2, 0.25) is 0 Å². The highest BCUT2D eigenvalue weighted by Crippen LogP contribution is 2.80. The van der Waals surface area contributed by atoms with Gasteiger partial charge >= 0.3 is 5.51 Å². The van der Waals surface area contributed by atoms with Crippen LogP contribution in [-0.2, 0) is 0 Å². The van der Waals surface area contributed by atoms with Gasteiger partial charge in [0.1, 0.15) is 0 Å². The van der Waals surface area contributed by atoms with Gasteiger partial charge in [-0.1, -0.05) is 26.0 Å². The van der Waals surface area contributed by atoms with Gasteiger partial charge in [0.2, 0.25) is 0 Å². The van der Waals surface area contributed by atoms with Crippen LogP contribution in [0.1, 0.15) is 37.8 Å². The topological polar surface area (TPSA) is 0 Å². The van der Waals surface area contributed by atoms with Crippen LogP contribution in [0, 0.1) is 0 Å². The molecule has 0 saturated carbocycles. The smallest absolute Gasteiger partial charge is 0.160 e. The number of halogens is 4. The van der Waals surface area contributed by atoms with E-state index in [1.807, 2.05) is 19.9 Å². The first-order valence-electron chi connectivity index (χ1n) is 5.59. The molecule has 0 spiro atoms. The summed E-state index contributed by atoms with van der Waals surface area (Å²) in [4.78, 5) is 0.754. The summed E-state index contributed by atoms with van der Waals surface area (Å²) in [5.41, 5.74) is -2.63. The van der Waals surface area contributed by atoms with E-state index in [0.717, 1.165) is 5.56 Å². The molecule has 1 aromatic carbocycles. The number of rotatable bonds is 1. The molecule has 18 heavy (non-hydrogen) atoms. The predicted molar refractivity (Wildman–Crippen MR) is 75.0 cm³/mol. The molecule has 1 atom stereocenters. The Morgan fingerprint density at radius 3 is 2.33 bits per heavy atom. The number of hydrogen-bond acceptors (Lipinski definition) is 0. The molecule has 0 fully saturated rings. The SMILES string of the molecule is CC1=Cc2ccc(C(C)C)cc2S1(Br)C(F)(F)F. The van der Waals surface area contributed by atoms with Crippen molar-refractivity contribution in [2.45, 2.75) is 37.1 Å². The number of alkyl halides is 3. The van der Waals surface area contributed by atoms with Crippen molar-refractivity contribution in [1.82, 2.24) is 0 Å². The van der Waals surface area contributed by atoms with Crippen LogP contribution in [0.4, 0.5) is 13.2 Å². The van der Waals surface area contributed by atoms with Gasteiger partial charge in [0.15, 0.2) is 0 Å². The van der Waals surface area contributed by atoms with Crippen LogP contribution in [0.25, 0.3) is 6.08 Å². The third-order valence-corrected chi connectivity index (χ3v) is 9.41. The highest BCUT2D eigenvalue weighted by Gasteiger charge is 2.54. The Bertz CT molecular complexity index is 519. The lowest BCUT2D eigenvalue weighted by Gasteiger charge is -2.34. The second-order valence-corrected chi connectivity index (χ2v) is 10.2. The molecule has 1 aliphatic rings. The third-order valence-electron chi connectivity index (χ3n) is 3.13. The van der Waals surface area contributed by atoms with Crippen molar-refractivity contribution in [3.05, 3.63) is 34.2 Å². The average molecular weight is 339 g/mol. The Balaban J connectivity index is 2.64. The van der Waals surface area contributed by atoms with Gasteiger partial charge in [-0.15, -0.1) is 0 Å². The molecule has 1 aromatic rings. The van der Waals surface area contributed by atoms with Crippen LogP contribution in [-0.4, -0.2) is 5.51 Å². The molecule has 1 aliphatic heterocycles. The number of allylic oxidation sites excluding steroid dienone is 1. The van der Waals surface area contributed by atoms with Crippen molar-refractivity contribution in [3.63, 3.8) is 0 Å². The summed E-state index contributed by atoms with van der Waals surface area (Å²) in [7, 11) is -3.04. The van der Waals surface area contributed by atoms with Gasteiger partial charge < -0.3 is 0 Å². The van der Waals surface area contributed by atoms with E-state index < -0.39 is 14.0 Å². The molecular formula is C13H14BrF3S. The molecule has 0 aromatic heterocycles. The van der Waals surface area contributed by atoms with Crippen molar-refractivity contribution < 1.29 is 13.2 Å². The van der Waals surface area contributed by atoms with Gasteiger partial charge in [-0.25, -0.2) is 0 Å². The Morgan fingerprint density at radius 1 is 1.22 bits per heavy atom. The Labute approximate surface area is 114 Å². The van der Waals surface area contributed by atoms with E-state index in [1.165, 1.54) is 0 Å². The normalized spacial score (nSPS) is 26.8. The fraction of sp³-hybridized carbons (Fsp3) is 0.385. The Morgan fingerprint density at radius 2 is 1.83 bits per heavy atom. The summed E-state index contributed by atoms with van der Waals surface area (Å²) in [5, 5.41) is 0. The molecule has 1 unspecified atom stereocenters. The van der Waals surface area contributed by atoms with Crippen molar-refractivity contribution in [3.8, 4) is 0 Å². The minimum Gasteiger partial charge on any atom is -0.160 e. The lowest BCUT2D eigenvalue weighted by molar-refractivity contribution is -0.0355. The third kappa shape index (κ3) is 1.92. The van der Waals surface area contributed by atoms with Crippen molar-refractivity contribution in [2.24, 2.45) is 0 Å². The van der Waals surface area contributed by atoms with E-state index in [9.17, 15) is 13.2 Å². The molecule has 0 radical (unpaired) electrons. The van der Waals surface area contributed by atoms with Gasteiger partial charge in [-0.3, -0.25) is 0 Å². The Kier molecular flexibility index (Phi) is 3.35. The number of benzene rings is 1. The van der Waals surface area contributed by atoms with E-state index in [1.54, 1.807) is 25.1 Å². The molecule has 0 N–H and O–H groups in total. The van der Waals surface area contributed by atoms with Crippen molar-refractivity contribution in [2.75, 3.05) is 0 Å². The molecular weight excluding hydrogens is 325 g/mol. The zero-order valence-electron chi connectivity index (χ0n) is 10.3. The van der Waals surface area contributed by atoms with E-state index in [0.29, 0.717) is 15.4 Å². The van der Waals surface area contributed by atoms with Gasteiger partial charge in [-0.2, -0.15) is 13.2 Å². The van der Waals surface area contributed by atoms with Crippen molar-refractivity contribution >= 4 is 29.4 Å². The summed E-state index contributed by atoms with van der Waals surface area (Å²) < 4.78 is 40.1. The molecule has 2 rings (SSSR count). The van der Waals surface area contributed by atoms with E-state index in [2.05, 4.69) is 14.8 Å². The van der Waals surface area contributed by atoms with Gasteiger partial charge in [0, 0.05) is 4.90 Å². The molecule has 0 aliphatic carbocycles. The van der Waals surface area contributed by atoms with E-state index in [-0.39, 0.29) is 5.92 Å². The second-order valence-electron chi connectivity index (χ2n) is 4.69. The summed E-state index contributed by atoms with van der Waals surface area (Å²) in [6, 6.07) is 5.39. The lowest BCUT2D eigenvalue weighted by atomic mass is 10.0. The van der Waals surface area contributed by atoms with Gasteiger partial charge in [-0.05, 0) is 64.3 Å². The molecule has 5 heteroatoms. The highest BCUT2D eigenvalue weighted by molar-refractivity contribution is 9.59. The maximum Gasteiger partial charge on any atom is 0.442 e. The van der Waals surface area contributed by atoms with Crippen LogP contribution in [0.5, 0.6) is 0 Å². The zero-order valence-corrected chi connectivity index (χ0v) is 12.7. The molecule has 0 nitrogen and oxygen atoms in total. The first kappa shape index (κ1) is 14.0. The lowest BCUT2D eigenvalue weighted by Crippen LogP contribution is -2.15. The van der Waals surface area contributed by atoms with Crippen LogP contribution >= 0.6 is 23.3 Å². The van der Waals surface area contributed by atoms with Crippen LogP contribution in [0.15, 0.2) is 28.0 Å². The molecule has 0 amide bonds. The Hall–Kier alpha value is -0.420. The van der Waals surface area contributed by atoms with Gasteiger partial charge in [0.25, 0.3) is 0 Å². The fourth-order valence-electron chi connectivity index (χ4n) is 2.05. The number of fused-ring (bicyclic) bond motifs is 1. The molecule has 0 saturated heterocycles. The minimum atomic E-state index is -4.26.